The highest BCUT2D eigenvalue weighted by Gasteiger charge is 2.29. The zero-order valence-electron chi connectivity index (χ0n) is 23.9. The van der Waals surface area contributed by atoms with Crippen molar-refractivity contribution in [1.82, 2.24) is 0 Å². The third kappa shape index (κ3) is 9.51. The number of esters is 4. The molecule has 0 aliphatic heterocycles. The van der Waals surface area contributed by atoms with E-state index in [4.69, 9.17) is 24.7 Å². The predicted molar refractivity (Wildman–Crippen MR) is 145 cm³/mol. The van der Waals surface area contributed by atoms with E-state index in [2.05, 4.69) is 0 Å². The van der Waals surface area contributed by atoms with Gasteiger partial charge in [-0.25, -0.2) is 4.79 Å². The fourth-order valence-electron chi connectivity index (χ4n) is 2.96. The lowest BCUT2D eigenvalue weighted by Gasteiger charge is -2.23. The minimum Gasteiger partial charge on any atom is -0.458 e. The Labute approximate surface area is 229 Å². The van der Waals surface area contributed by atoms with E-state index in [0.717, 1.165) is 0 Å². The van der Waals surface area contributed by atoms with Crippen LogP contribution >= 0.6 is 0 Å². The van der Waals surface area contributed by atoms with Crippen LogP contribution in [0.3, 0.4) is 0 Å². The van der Waals surface area contributed by atoms with Gasteiger partial charge in [-0.2, -0.15) is 0 Å². The topological polar surface area (TPSA) is 131 Å². The Bertz CT molecular complexity index is 1180. The number of nitrogens with two attached hydrogens (primary N) is 1. The molecule has 0 spiro atoms. The summed E-state index contributed by atoms with van der Waals surface area (Å²) in [6.45, 7) is 13.5. The molecule has 0 aliphatic carbocycles. The Hall–Kier alpha value is -3.72. The molecule has 0 saturated heterocycles. The zero-order valence-corrected chi connectivity index (χ0v) is 23.9. The molecule has 0 fully saturated rings. The smallest absolute Gasteiger partial charge is 0.338 e. The first kappa shape index (κ1) is 31.5. The van der Waals surface area contributed by atoms with E-state index in [1.807, 2.05) is 0 Å². The van der Waals surface area contributed by atoms with Gasteiger partial charge in [-0.3, -0.25) is 14.4 Å². The maximum absolute atomic E-state index is 12.7. The molecule has 0 unspecified atom stereocenters. The lowest BCUT2D eigenvalue weighted by atomic mass is 9.97. The number of ether oxygens (including phenoxy) is 4. The standard InChI is InChI=1S/C30H39NO8/c1-18(36-25(32)21-12-10-9-11-13-21)19(2)37-26(33)22(31)16-20-14-15-23(38-27(34)29(3,4)5)24(17-20)39-28(35)30(6,7)8/h9-15,17-19,22H,16,31H2,1-8H3/t18-,19+,22-/m0/s1. The van der Waals surface area contributed by atoms with Gasteiger partial charge < -0.3 is 24.7 Å². The predicted octanol–water partition coefficient (Wildman–Crippen LogP) is 4.64. The molecule has 212 valence electrons. The van der Waals surface area contributed by atoms with Crippen molar-refractivity contribution in [2.75, 3.05) is 0 Å². The molecule has 2 N–H and O–H groups in total. The van der Waals surface area contributed by atoms with Gasteiger partial charge in [-0.1, -0.05) is 24.3 Å². The SMILES string of the molecule is C[C@H](OC(=O)c1ccccc1)[C@@H](C)OC(=O)[C@@H](N)Cc1ccc(OC(=O)C(C)(C)C)c(OC(=O)C(C)(C)C)c1. The molecule has 0 radical (unpaired) electrons. The second-order valence-electron chi connectivity index (χ2n) is 11.5. The molecule has 0 bridgehead atoms. The van der Waals surface area contributed by atoms with Crippen molar-refractivity contribution in [2.45, 2.75) is 80.1 Å². The van der Waals surface area contributed by atoms with Crippen molar-refractivity contribution in [3.05, 3.63) is 59.7 Å². The van der Waals surface area contributed by atoms with Crippen molar-refractivity contribution >= 4 is 23.9 Å². The van der Waals surface area contributed by atoms with Crippen molar-refractivity contribution in [2.24, 2.45) is 16.6 Å². The minimum absolute atomic E-state index is 0.0420. The molecule has 0 amide bonds. The normalized spacial score (nSPS) is 14.0. The Balaban J connectivity index is 2.11. The zero-order chi connectivity index (χ0) is 29.5. The van der Waals surface area contributed by atoms with Gasteiger partial charge in [0.25, 0.3) is 0 Å². The van der Waals surface area contributed by atoms with Crippen LogP contribution < -0.4 is 15.2 Å². The number of carbonyl (C=O) groups excluding carboxylic acids is 4. The van der Waals surface area contributed by atoms with E-state index in [-0.39, 0.29) is 17.9 Å². The highest BCUT2D eigenvalue weighted by Crippen LogP contribution is 2.33. The lowest BCUT2D eigenvalue weighted by Crippen LogP contribution is -2.39. The summed E-state index contributed by atoms with van der Waals surface area (Å²) in [6.07, 6.45) is -1.41. The summed E-state index contributed by atoms with van der Waals surface area (Å²) in [5, 5.41) is 0. The molecule has 9 heteroatoms. The lowest BCUT2D eigenvalue weighted by molar-refractivity contribution is -0.155. The van der Waals surface area contributed by atoms with Crippen molar-refractivity contribution in [3.63, 3.8) is 0 Å². The third-order valence-electron chi connectivity index (χ3n) is 5.66. The average Bonchev–Trinajstić information content (AvgIpc) is 2.84. The molecule has 0 saturated carbocycles. The fraction of sp³-hybridized carbons (Fsp3) is 0.467. The minimum atomic E-state index is -1.06. The second-order valence-corrected chi connectivity index (χ2v) is 11.5. The van der Waals surface area contributed by atoms with Crippen molar-refractivity contribution in [1.29, 1.82) is 0 Å². The van der Waals surface area contributed by atoms with Gasteiger partial charge in [-0.15, -0.1) is 0 Å². The third-order valence-corrected chi connectivity index (χ3v) is 5.66. The van der Waals surface area contributed by atoms with Crippen LogP contribution in [0.5, 0.6) is 11.5 Å². The monoisotopic (exact) mass is 541 g/mol. The summed E-state index contributed by atoms with van der Waals surface area (Å²) >= 11 is 0. The van der Waals surface area contributed by atoms with Crippen LogP contribution in [-0.2, 0) is 30.3 Å². The summed E-state index contributed by atoms with van der Waals surface area (Å²) in [6, 6.07) is 12.1. The number of hydrogen-bond acceptors (Lipinski definition) is 9. The van der Waals surface area contributed by atoms with E-state index in [0.29, 0.717) is 11.1 Å². The van der Waals surface area contributed by atoms with Gasteiger partial charge in [0, 0.05) is 0 Å². The van der Waals surface area contributed by atoms with E-state index in [9.17, 15) is 19.2 Å². The van der Waals surface area contributed by atoms with Gasteiger partial charge in [0.1, 0.15) is 18.2 Å². The second kappa shape index (κ2) is 12.9. The largest absolute Gasteiger partial charge is 0.458 e. The molecule has 9 nitrogen and oxygen atoms in total. The maximum atomic E-state index is 12.7. The van der Waals surface area contributed by atoms with Crippen molar-refractivity contribution < 1.29 is 38.1 Å². The molecular formula is C30H39NO8. The summed E-state index contributed by atoms with van der Waals surface area (Å²) in [4.78, 5) is 50.0. The van der Waals surface area contributed by atoms with E-state index in [1.54, 1.807) is 91.8 Å². The molecule has 3 atom stereocenters. The first-order chi connectivity index (χ1) is 18.0. The van der Waals surface area contributed by atoms with Gasteiger partial charge in [0.2, 0.25) is 0 Å². The molecular weight excluding hydrogens is 502 g/mol. The number of carbonyl (C=O) groups is 4. The number of rotatable bonds is 9. The van der Waals surface area contributed by atoms with Gasteiger partial charge >= 0.3 is 23.9 Å². The van der Waals surface area contributed by atoms with Crippen LogP contribution in [0.1, 0.15) is 71.3 Å². The maximum Gasteiger partial charge on any atom is 0.338 e. The van der Waals surface area contributed by atoms with Crippen LogP contribution in [0.15, 0.2) is 48.5 Å². The van der Waals surface area contributed by atoms with Gasteiger partial charge in [0.15, 0.2) is 11.5 Å². The molecule has 0 aromatic heterocycles. The van der Waals surface area contributed by atoms with Crippen molar-refractivity contribution in [3.8, 4) is 11.5 Å². The molecule has 2 aromatic carbocycles. The van der Waals surface area contributed by atoms with Crippen LogP contribution in [0.25, 0.3) is 0 Å². The molecule has 0 aliphatic rings. The number of hydrogen-bond donors (Lipinski definition) is 1. The van der Waals surface area contributed by atoms with Gasteiger partial charge in [0.05, 0.1) is 16.4 Å². The molecule has 2 aromatic rings. The Morgan fingerprint density at radius 2 is 1.26 bits per heavy atom. The molecule has 2 rings (SSSR count). The molecule has 39 heavy (non-hydrogen) atoms. The van der Waals surface area contributed by atoms with Gasteiger partial charge in [-0.05, 0) is 91.6 Å². The first-order valence-electron chi connectivity index (χ1n) is 12.8. The quantitative estimate of drug-likeness (QED) is 0.356. The Morgan fingerprint density at radius 3 is 1.79 bits per heavy atom. The summed E-state index contributed by atoms with van der Waals surface area (Å²) in [7, 11) is 0. The van der Waals surface area contributed by atoms with E-state index in [1.165, 1.54) is 12.1 Å². The highest BCUT2D eigenvalue weighted by molar-refractivity contribution is 5.89. The number of benzene rings is 2. The summed E-state index contributed by atoms with van der Waals surface area (Å²) < 4.78 is 21.9. The van der Waals surface area contributed by atoms with E-state index < -0.39 is 53.0 Å². The Kier molecular flexibility index (Phi) is 10.4. The van der Waals surface area contributed by atoms with Crippen LogP contribution in [0.4, 0.5) is 0 Å². The molecule has 0 heterocycles. The fourth-order valence-corrected chi connectivity index (χ4v) is 2.96. The highest BCUT2D eigenvalue weighted by atomic mass is 16.6. The van der Waals surface area contributed by atoms with Crippen LogP contribution in [0.2, 0.25) is 0 Å². The average molecular weight is 542 g/mol. The summed E-state index contributed by atoms with van der Waals surface area (Å²) in [5.41, 5.74) is 5.47. The van der Waals surface area contributed by atoms with Crippen LogP contribution in [-0.4, -0.2) is 42.1 Å². The first-order valence-corrected chi connectivity index (χ1v) is 12.8. The summed E-state index contributed by atoms with van der Waals surface area (Å²) in [5.74, 6) is -2.12. The Morgan fingerprint density at radius 1 is 0.744 bits per heavy atom. The van der Waals surface area contributed by atoms with Crippen LogP contribution in [0, 0.1) is 10.8 Å². The van der Waals surface area contributed by atoms with E-state index >= 15 is 0 Å².